The molecular formula is C38H27N. The Hall–Kier alpha value is -5.01. The molecule has 1 nitrogen and oxygen atoms in total. The molecular weight excluding hydrogens is 470 g/mol. The summed E-state index contributed by atoms with van der Waals surface area (Å²) in [5.74, 6) is 0. The lowest BCUT2D eigenvalue weighted by atomic mass is 9.96. The molecule has 0 bridgehead atoms. The zero-order chi connectivity index (χ0) is 26.0. The summed E-state index contributed by atoms with van der Waals surface area (Å²) in [7, 11) is 0. The van der Waals surface area contributed by atoms with Crippen molar-refractivity contribution in [2.45, 2.75) is 6.42 Å². The van der Waals surface area contributed by atoms with E-state index in [2.05, 4.69) is 152 Å². The van der Waals surface area contributed by atoms with Crippen LogP contribution in [0.2, 0.25) is 0 Å². The van der Waals surface area contributed by atoms with Gasteiger partial charge in [0.15, 0.2) is 0 Å². The van der Waals surface area contributed by atoms with Crippen LogP contribution in [-0.4, -0.2) is 4.98 Å². The summed E-state index contributed by atoms with van der Waals surface area (Å²) in [6.07, 6.45) is 5.28. The second kappa shape index (κ2) is 10.0. The van der Waals surface area contributed by atoms with Gasteiger partial charge in [-0.2, -0.15) is 0 Å². The molecule has 7 aromatic rings. The van der Waals surface area contributed by atoms with Crippen LogP contribution in [0, 0.1) is 0 Å². The van der Waals surface area contributed by atoms with Crippen LogP contribution in [0.4, 0.5) is 0 Å². The maximum absolute atomic E-state index is 4.97. The quantitative estimate of drug-likeness (QED) is 0.216. The van der Waals surface area contributed by atoms with Gasteiger partial charge in [-0.1, -0.05) is 121 Å². The second-order valence-electron chi connectivity index (χ2n) is 10.1. The number of fused-ring (bicyclic) bond motifs is 3. The van der Waals surface area contributed by atoms with Gasteiger partial charge >= 0.3 is 0 Å². The van der Waals surface area contributed by atoms with Crippen molar-refractivity contribution in [3.05, 3.63) is 162 Å². The average Bonchev–Trinajstić information content (AvgIpc) is 2.99. The second-order valence-corrected chi connectivity index (χ2v) is 10.1. The Bertz CT molecular complexity index is 1930. The first-order valence-electron chi connectivity index (χ1n) is 13.4. The first kappa shape index (κ1) is 23.1. The number of pyridine rings is 1. The van der Waals surface area contributed by atoms with Gasteiger partial charge in [-0.3, -0.25) is 0 Å². The van der Waals surface area contributed by atoms with Crippen LogP contribution in [-0.2, 0) is 6.42 Å². The van der Waals surface area contributed by atoms with E-state index in [1.807, 2.05) is 0 Å². The summed E-state index contributed by atoms with van der Waals surface area (Å²) in [5.41, 5.74) is 8.28. The molecule has 1 heteroatoms. The first-order valence-corrected chi connectivity index (χ1v) is 13.4. The molecule has 1 aromatic heterocycles. The molecule has 1 heterocycles. The molecule has 39 heavy (non-hydrogen) atoms. The highest BCUT2D eigenvalue weighted by molar-refractivity contribution is 6.07. The van der Waals surface area contributed by atoms with Gasteiger partial charge in [-0.15, -0.1) is 0 Å². The van der Waals surface area contributed by atoms with Gasteiger partial charge in [0, 0.05) is 5.39 Å². The van der Waals surface area contributed by atoms with Crippen LogP contribution in [0.1, 0.15) is 22.4 Å². The van der Waals surface area contributed by atoms with Crippen LogP contribution in [0.25, 0.3) is 55.7 Å². The number of aromatic nitrogens is 1. The van der Waals surface area contributed by atoms with Crippen molar-refractivity contribution in [2.24, 2.45) is 0 Å². The normalized spacial score (nSPS) is 11.6. The fourth-order valence-corrected chi connectivity index (χ4v) is 5.50. The van der Waals surface area contributed by atoms with Gasteiger partial charge in [-0.25, -0.2) is 4.98 Å². The van der Waals surface area contributed by atoms with E-state index < -0.39 is 0 Å². The molecule has 0 saturated heterocycles. The van der Waals surface area contributed by atoms with Crippen molar-refractivity contribution in [2.75, 3.05) is 0 Å². The van der Waals surface area contributed by atoms with Gasteiger partial charge in [0.05, 0.1) is 11.2 Å². The van der Waals surface area contributed by atoms with E-state index in [9.17, 15) is 0 Å². The molecule has 184 valence electrons. The third kappa shape index (κ3) is 4.71. The van der Waals surface area contributed by atoms with Crippen molar-refractivity contribution in [1.29, 1.82) is 0 Å². The Labute approximate surface area is 228 Å². The predicted octanol–water partition coefficient (Wildman–Crippen LogP) is 9.97. The molecule has 0 saturated carbocycles. The Morgan fingerprint density at radius 2 is 1.15 bits per heavy atom. The molecule has 0 fully saturated rings. The summed E-state index contributed by atoms with van der Waals surface area (Å²) < 4.78 is 0. The SMILES string of the molecule is C(=C\c1c2ccccc2cc2ccccc12)/c1ccc2cc(-c3cccc(Cc4ccccc4)c3)ccc2n1. The van der Waals surface area contributed by atoms with Gasteiger partial charge in [-0.05, 0) is 86.1 Å². The van der Waals surface area contributed by atoms with Gasteiger partial charge < -0.3 is 0 Å². The Morgan fingerprint density at radius 3 is 1.95 bits per heavy atom. The molecule has 0 atom stereocenters. The highest BCUT2D eigenvalue weighted by Gasteiger charge is 2.06. The molecule has 0 unspecified atom stereocenters. The fourth-order valence-electron chi connectivity index (χ4n) is 5.50. The predicted molar refractivity (Wildman–Crippen MR) is 167 cm³/mol. The van der Waals surface area contributed by atoms with Crippen molar-refractivity contribution in [1.82, 2.24) is 4.98 Å². The third-order valence-electron chi connectivity index (χ3n) is 7.46. The minimum Gasteiger partial charge on any atom is -0.248 e. The van der Waals surface area contributed by atoms with E-state index in [4.69, 9.17) is 4.98 Å². The molecule has 7 rings (SSSR count). The van der Waals surface area contributed by atoms with Crippen LogP contribution >= 0.6 is 0 Å². The fraction of sp³-hybridized carbons (Fsp3) is 0.0263. The number of hydrogen-bond acceptors (Lipinski definition) is 1. The Kier molecular flexibility index (Phi) is 5.95. The zero-order valence-corrected chi connectivity index (χ0v) is 21.6. The molecule has 0 amide bonds. The monoisotopic (exact) mass is 497 g/mol. The number of hydrogen-bond donors (Lipinski definition) is 0. The summed E-state index contributed by atoms with van der Waals surface area (Å²) >= 11 is 0. The average molecular weight is 498 g/mol. The van der Waals surface area contributed by atoms with Crippen LogP contribution < -0.4 is 0 Å². The van der Waals surface area contributed by atoms with E-state index in [0.717, 1.165) is 23.0 Å². The van der Waals surface area contributed by atoms with Gasteiger partial charge in [0.1, 0.15) is 0 Å². The Balaban J connectivity index is 1.20. The highest BCUT2D eigenvalue weighted by atomic mass is 14.7. The molecule has 0 aliphatic carbocycles. The minimum absolute atomic E-state index is 0.936. The number of rotatable bonds is 5. The van der Waals surface area contributed by atoms with Crippen molar-refractivity contribution in [3.8, 4) is 11.1 Å². The lowest BCUT2D eigenvalue weighted by Gasteiger charge is -2.09. The standard InChI is InChI=1S/C38H27N/c1-2-9-27(10-3-1)23-28-11-8-14-29(24-28)30-18-22-38-33(25-30)17-19-34(39-38)20-21-37-35-15-6-4-12-31(35)26-32-13-5-7-16-36(32)37/h1-22,24-26H,23H2/b21-20+. The van der Waals surface area contributed by atoms with Crippen LogP contribution in [0.5, 0.6) is 0 Å². The van der Waals surface area contributed by atoms with E-state index in [-0.39, 0.29) is 0 Å². The van der Waals surface area contributed by atoms with E-state index >= 15 is 0 Å². The number of nitrogens with zero attached hydrogens (tertiary/aromatic N) is 1. The maximum atomic E-state index is 4.97. The summed E-state index contributed by atoms with van der Waals surface area (Å²) in [4.78, 5) is 4.97. The molecule has 0 radical (unpaired) electrons. The smallest absolute Gasteiger partial charge is 0.0709 e. The topological polar surface area (TPSA) is 12.9 Å². The summed E-state index contributed by atoms with van der Waals surface area (Å²) in [6.45, 7) is 0. The highest BCUT2D eigenvalue weighted by Crippen LogP contribution is 2.30. The lowest BCUT2D eigenvalue weighted by molar-refractivity contribution is 1.19. The Morgan fingerprint density at radius 1 is 0.462 bits per heavy atom. The number of benzene rings is 6. The molecule has 0 aliphatic heterocycles. The molecule has 0 N–H and O–H groups in total. The molecule has 0 spiro atoms. The lowest BCUT2D eigenvalue weighted by Crippen LogP contribution is -1.89. The molecule has 6 aromatic carbocycles. The van der Waals surface area contributed by atoms with E-state index in [1.54, 1.807) is 0 Å². The van der Waals surface area contributed by atoms with Crippen LogP contribution in [0.15, 0.2) is 140 Å². The molecule has 0 aliphatic rings. The minimum atomic E-state index is 0.936. The first-order chi connectivity index (χ1) is 19.3. The summed E-state index contributed by atoms with van der Waals surface area (Å²) in [5, 5.41) is 6.17. The van der Waals surface area contributed by atoms with Crippen LogP contribution in [0.3, 0.4) is 0 Å². The summed E-state index contributed by atoms with van der Waals surface area (Å²) in [6, 6.07) is 49.8. The van der Waals surface area contributed by atoms with Crippen molar-refractivity contribution >= 4 is 44.6 Å². The maximum Gasteiger partial charge on any atom is 0.0709 e. The van der Waals surface area contributed by atoms with Gasteiger partial charge in [0.2, 0.25) is 0 Å². The van der Waals surface area contributed by atoms with E-state index in [1.165, 1.54) is 49.4 Å². The largest absolute Gasteiger partial charge is 0.248 e. The van der Waals surface area contributed by atoms with Crippen molar-refractivity contribution < 1.29 is 0 Å². The zero-order valence-electron chi connectivity index (χ0n) is 21.6. The third-order valence-corrected chi connectivity index (χ3v) is 7.46. The van der Waals surface area contributed by atoms with E-state index in [0.29, 0.717) is 0 Å². The van der Waals surface area contributed by atoms with Gasteiger partial charge in [0.25, 0.3) is 0 Å². The van der Waals surface area contributed by atoms with Crippen molar-refractivity contribution in [3.63, 3.8) is 0 Å².